The summed E-state index contributed by atoms with van der Waals surface area (Å²) in [5, 5.41) is 8.16. The van der Waals surface area contributed by atoms with E-state index in [-0.39, 0.29) is 11.5 Å². The summed E-state index contributed by atoms with van der Waals surface area (Å²) < 4.78 is 45.9. The van der Waals surface area contributed by atoms with Crippen LogP contribution in [0.1, 0.15) is 24.0 Å². The van der Waals surface area contributed by atoms with Gasteiger partial charge >= 0.3 is 6.18 Å². The summed E-state index contributed by atoms with van der Waals surface area (Å²) in [6.07, 6.45) is -3.11. The van der Waals surface area contributed by atoms with Crippen molar-refractivity contribution in [1.29, 1.82) is 0 Å². The summed E-state index contributed by atoms with van der Waals surface area (Å²) in [5.74, 6) is 0.410. The maximum atomic E-state index is 13.3. The molecule has 0 fully saturated rings. The van der Waals surface area contributed by atoms with E-state index in [2.05, 4.69) is 26.1 Å². The molecule has 0 saturated heterocycles. The van der Waals surface area contributed by atoms with Gasteiger partial charge in [0.25, 0.3) is 0 Å². The summed E-state index contributed by atoms with van der Waals surface area (Å²) in [6, 6.07) is 8.62. The standard InChI is InChI=1S/C18H14BrClF3N3O/c19-10-4-7-16(13(8-10)18(21,22)23)27-15-3-1-2-14(20)12(15)6-5-11-9-17(24)26-25-11/h1-4,7-8H,5-6,9H2,(H2,24,26). The van der Waals surface area contributed by atoms with Gasteiger partial charge in [-0.15, -0.1) is 5.10 Å². The second-order valence-corrected chi connectivity index (χ2v) is 7.21. The Kier molecular flexibility index (Phi) is 5.76. The van der Waals surface area contributed by atoms with E-state index in [0.717, 1.165) is 11.8 Å². The third-order valence-corrected chi connectivity index (χ3v) is 4.76. The van der Waals surface area contributed by atoms with Crippen LogP contribution in [0.4, 0.5) is 13.2 Å². The van der Waals surface area contributed by atoms with E-state index in [9.17, 15) is 13.2 Å². The van der Waals surface area contributed by atoms with E-state index in [1.165, 1.54) is 12.1 Å². The smallest absolute Gasteiger partial charge is 0.420 e. The quantitative estimate of drug-likeness (QED) is 0.598. The molecular weight excluding hydrogens is 447 g/mol. The van der Waals surface area contributed by atoms with Crippen LogP contribution < -0.4 is 10.5 Å². The monoisotopic (exact) mass is 459 g/mol. The number of nitrogens with zero attached hydrogens (tertiary/aromatic N) is 2. The molecule has 1 heterocycles. The highest BCUT2D eigenvalue weighted by atomic mass is 79.9. The molecule has 1 aliphatic heterocycles. The van der Waals surface area contributed by atoms with Crippen LogP contribution in [-0.4, -0.2) is 11.5 Å². The molecule has 9 heteroatoms. The summed E-state index contributed by atoms with van der Waals surface area (Å²) in [5.41, 5.74) is 6.12. The largest absolute Gasteiger partial charge is 0.456 e. The Hall–Kier alpha value is -2.06. The summed E-state index contributed by atoms with van der Waals surface area (Å²) >= 11 is 9.32. The molecular formula is C18H14BrClF3N3O. The van der Waals surface area contributed by atoms with Crippen molar-refractivity contribution in [2.24, 2.45) is 15.9 Å². The van der Waals surface area contributed by atoms with Crippen molar-refractivity contribution in [2.45, 2.75) is 25.4 Å². The summed E-state index contributed by atoms with van der Waals surface area (Å²) in [6.45, 7) is 0. The average Bonchev–Trinajstić information content (AvgIpc) is 3.00. The van der Waals surface area contributed by atoms with Crippen LogP contribution in [0.5, 0.6) is 11.5 Å². The second kappa shape index (κ2) is 7.90. The van der Waals surface area contributed by atoms with Crippen LogP contribution in [0.2, 0.25) is 5.02 Å². The number of ether oxygens (including phenoxy) is 1. The van der Waals surface area contributed by atoms with Gasteiger partial charge in [0, 0.05) is 27.2 Å². The van der Waals surface area contributed by atoms with Crippen molar-refractivity contribution in [1.82, 2.24) is 0 Å². The lowest BCUT2D eigenvalue weighted by atomic mass is 10.0. The summed E-state index contributed by atoms with van der Waals surface area (Å²) in [4.78, 5) is 0. The van der Waals surface area contributed by atoms with Gasteiger partial charge in [-0.05, 0) is 43.2 Å². The molecule has 0 saturated carbocycles. The molecule has 0 unspecified atom stereocenters. The molecule has 0 aromatic heterocycles. The van der Waals surface area contributed by atoms with Crippen LogP contribution in [0.25, 0.3) is 0 Å². The van der Waals surface area contributed by atoms with Gasteiger partial charge < -0.3 is 10.5 Å². The molecule has 0 radical (unpaired) electrons. The molecule has 0 aliphatic carbocycles. The third-order valence-electron chi connectivity index (χ3n) is 3.91. The lowest BCUT2D eigenvalue weighted by molar-refractivity contribution is -0.138. The number of hydrogen-bond acceptors (Lipinski definition) is 4. The minimum atomic E-state index is -4.55. The summed E-state index contributed by atoms with van der Waals surface area (Å²) in [7, 11) is 0. The SMILES string of the molecule is NC1=NN=C(CCc2c(Cl)cccc2Oc2ccc(Br)cc2C(F)(F)F)C1. The van der Waals surface area contributed by atoms with Gasteiger partial charge in [-0.25, -0.2) is 0 Å². The van der Waals surface area contributed by atoms with E-state index in [1.54, 1.807) is 18.2 Å². The van der Waals surface area contributed by atoms with Gasteiger partial charge in [0.1, 0.15) is 17.3 Å². The molecule has 0 spiro atoms. The zero-order chi connectivity index (χ0) is 19.6. The van der Waals surface area contributed by atoms with Crippen molar-refractivity contribution in [3.8, 4) is 11.5 Å². The third kappa shape index (κ3) is 4.81. The Balaban J connectivity index is 1.87. The van der Waals surface area contributed by atoms with Crippen molar-refractivity contribution in [2.75, 3.05) is 0 Å². The zero-order valence-electron chi connectivity index (χ0n) is 13.9. The highest BCUT2D eigenvalue weighted by Gasteiger charge is 2.35. The number of benzene rings is 2. The van der Waals surface area contributed by atoms with Gasteiger partial charge in [0.2, 0.25) is 0 Å². The molecule has 4 nitrogen and oxygen atoms in total. The maximum absolute atomic E-state index is 13.3. The highest BCUT2D eigenvalue weighted by molar-refractivity contribution is 9.10. The molecule has 0 bridgehead atoms. The Morgan fingerprint density at radius 1 is 1.11 bits per heavy atom. The van der Waals surface area contributed by atoms with Gasteiger partial charge in [0.15, 0.2) is 0 Å². The first kappa shape index (κ1) is 19.7. The molecule has 1 aliphatic rings. The van der Waals surface area contributed by atoms with E-state index in [0.29, 0.717) is 40.2 Å². The molecule has 27 heavy (non-hydrogen) atoms. The van der Waals surface area contributed by atoms with Crippen molar-refractivity contribution in [3.63, 3.8) is 0 Å². The lowest BCUT2D eigenvalue weighted by Gasteiger charge is -2.17. The fourth-order valence-corrected chi connectivity index (χ4v) is 3.25. The predicted octanol–water partition coefficient (Wildman–Crippen LogP) is 5.96. The van der Waals surface area contributed by atoms with Gasteiger partial charge in [0.05, 0.1) is 5.56 Å². The van der Waals surface area contributed by atoms with E-state index < -0.39 is 11.7 Å². The Morgan fingerprint density at radius 2 is 1.89 bits per heavy atom. The van der Waals surface area contributed by atoms with Crippen molar-refractivity contribution < 1.29 is 17.9 Å². The van der Waals surface area contributed by atoms with Crippen LogP contribution in [0, 0.1) is 0 Å². The second-order valence-electron chi connectivity index (χ2n) is 5.89. The van der Waals surface area contributed by atoms with E-state index in [4.69, 9.17) is 22.1 Å². The molecule has 0 atom stereocenters. The fourth-order valence-electron chi connectivity index (χ4n) is 2.63. The highest BCUT2D eigenvalue weighted by Crippen LogP contribution is 2.41. The minimum Gasteiger partial charge on any atom is -0.456 e. The number of alkyl halides is 3. The average molecular weight is 461 g/mol. The molecule has 3 rings (SSSR count). The Morgan fingerprint density at radius 3 is 2.56 bits per heavy atom. The number of halogens is 5. The molecule has 2 aromatic carbocycles. The van der Waals surface area contributed by atoms with Crippen LogP contribution in [0.3, 0.4) is 0 Å². The maximum Gasteiger partial charge on any atom is 0.420 e. The van der Waals surface area contributed by atoms with Crippen LogP contribution in [0.15, 0.2) is 51.1 Å². The Bertz CT molecular complexity index is 929. The molecule has 142 valence electrons. The Labute approximate surface area is 167 Å². The number of amidine groups is 1. The van der Waals surface area contributed by atoms with Crippen molar-refractivity contribution in [3.05, 3.63) is 57.0 Å². The topological polar surface area (TPSA) is 60.0 Å². The van der Waals surface area contributed by atoms with Gasteiger partial charge in [-0.3, -0.25) is 0 Å². The lowest BCUT2D eigenvalue weighted by Crippen LogP contribution is -2.12. The number of hydrogen-bond donors (Lipinski definition) is 1. The molecule has 2 N–H and O–H groups in total. The van der Waals surface area contributed by atoms with E-state index >= 15 is 0 Å². The minimum absolute atomic E-state index is 0.266. The number of nitrogens with two attached hydrogens (primary N) is 1. The first-order chi connectivity index (χ1) is 12.7. The number of rotatable bonds is 5. The molecule has 0 amide bonds. The van der Waals surface area contributed by atoms with Gasteiger partial charge in [-0.2, -0.15) is 18.3 Å². The first-order valence-corrected chi connectivity index (χ1v) is 9.11. The van der Waals surface area contributed by atoms with Crippen LogP contribution >= 0.6 is 27.5 Å². The van der Waals surface area contributed by atoms with Gasteiger partial charge in [-0.1, -0.05) is 33.6 Å². The van der Waals surface area contributed by atoms with Crippen molar-refractivity contribution >= 4 is 39.1 Å². The first-order valence-electron chi connectivity index (χ1n) is 7.94. The fraction of sp³-hybridized carbons (Fsp3) is 0.222. The zero-order valence-corrected chi connectivity index (χ0v) is 16.2. The normalized spacial score (nSPS) is 14.1. The van der Waals surface area contributed by atoms with E-state index in [1.807, 2.05) is 0 Å². The predicted molar refractivity (Wildman–Crippen MR) is 103 cm³/mol. The molecule has 2 aromatic rings. The van der Waals surface area contributed by atoms with Crippen LogP contribution in [-0.2, 0) is 12.6 Å².